The Kier molecular flexibility index (Phi) is 7.85. The van der Waals surface area contributed by atoms with Crippen molar-refractivity contribution < 1.29 is 13.9 Å². The van der Waals surface area contributed by atoms with Gasteiger partial charge in [0.05, 0.1) is 6.61 Å². The Morgan fingerprint density at radius 1 is 0.962 bits per heavy atom. The highest BCUT2D eigenvalue weighted by atomic mass is 35.5. The predicted molar refractivity (Wildman–Crippen MR) is 106 cm³/mol. The van der Waals surface area contributed by atoms with Gasteiger partial charge in [-0.05, 0) is 22.9 Å². The van der Waals surface area contributed by atoms with Crippen molar-refractivity contribution in [2.24, 2.45) is 0 Å². The standard InChI is InChI=1S/C21H22FNO2.ClH/c1-24-13-12-23-14-19-18-8-4-2-6-16(18)10-11-21(19)25-15-17-7-3-5-9-20(17)22;/h2-11,23H,12-15H2,1H3;1H. The van der Waals surface area contributed by atoms with E-state index in [9.17, 15) is 4.39 Å². The molecule has 3 aromatic rings. The van der Waals surface area contributed by atoms with Gasteiger partial charge in [-0.15, -0.1) is 12.4 Å². The number of hydrogen-bond donors (Lipinski definition) is 1. The Bertz CT molecular complexity index is 841. The molecule has 0 spiro atoms. The van der Waals surface area contributed by atoms with Crippen LogP contribution in [0.2, 0.25) is 0 Å². The second-order valence-electron chi connectivity index (χ2n) is 5.81. The monoisotopic (exact) mass is 375 g/mol. The van der Waals surface area contributed by atoms with Gasteiger partial charge in [0.25, 0.3) is 0 Å². The lowest BCUT2D eigenvalue weighted by Gasteiger charge is -2.15. The minimum Gasteiger partial charge on any atom is -0.488 e. The molecule has 0 aliphatic heterocycles. The van der Waals surface area contributed by atoms with Crippen molar-refractivity contribution in [2.75, 3.05) is 20.3 Å². The van der Waals surface area contributed by atoms with Crippen LogP contribution in [-0.2, 0) is 17.9 Å². The van der Waals surface area contributed by atoms with Crippen LogP contribution in [0, 0.1) is 5.82 Å². The van der Waals surface area contributed by atoms with E-state index in [1.165, 1.54) is 6.07 Å². The molecule has 0 aliphatic carbocycles. The van der Waals surface area contributed by atoms with Crippen LogP contribution in [-0.4, -0.2) is 20.3 Å². The number of hydrogen-bond acceptors (Lipinski definition) is 3. The fourth-order valence-corrected chi connectivity index (χ4v) is 2.79. The summed E-state index contributed by atoms with van der Waals surface area (Å²) in [4.78, 5) is 0. The minimum atomic E-state index is -0.247. The Hall–Kier alpha value is -2.14. The van der Waals surface area contributed by atoms with Crippen LogP contribution in [0.1, 0.15) is 11.1 Å². The first-order valence-electron chi connectivity index (χ1n) is 8.36. The SMILES string of the molecule is COCCNCc1c(OCc2ccccc2F)ccc2ccccc12.Cl. The molecule has 0 saturated carbocycles. The first-order chi connectivity index (χ1) is 12.3. The van der Waals surface area contributed by atoms with E-state index in [2.05, 4.69) is 17.4 Å². The van der Waals surface area contributed by atoms with Gasteiger partial charge in [0.2, 0.25) is 0 Å². The highest BCUT2D eigenvalue weighted by Crippen LogP contribution is 2.29. The molecule has 0 aromatic heterocycles. The smallest absolute Gasteiger partial charge is 0.129 e. The van der Waals surface area contributed by atoms with Crippen molar-refractivity contribution in [1.82, 2.24) is 5.32 Å². The quantitative estimate of drug-likeness (QED) is 0.578. The van der Waals surface area contributed by atoms with Crippen LogP contribution < -0.4 is 10.1 Å². The van der Waals surface area contributed by atoms with Gasteiger partial charge < -0.3 is 14.8 Å². The molecular weight excluding hydrogens is 353 g/mol. The summed E-state index contributed by atoms with van der Waals surface area (Å²) in [6, 6.07) is 18.9. The molecule has 0 atom stereocenters. The van der Waals surface area contributed by atoms with E-state index in [1.54, 1.807) is 19.2 Å². The molecule has 3 nitrogen and oxygen atoms in total. The Labute approximate surface area is 159 Å². The average molecular weight is 376 g/mol. The molecule has 1 N–H and O–H groups in total. The van der Waals surface area contributed by atoms with Gasteiger partial charge in [0.1, 0.15) is 18.2 Å². The molecule has 0 unspecified atom stereocenters. The zero-order valence-corrected chi connectivity index (χ0v) is 15.5. The summed E-state index contributed by atoms with van der Waals surface area (Å²) in [5.41, 5.74) is 1.62. The van der Waals surface area contributed by atoms with Gasteiger partial charge in [-0.1, -0.05) is 48.5 Å². The highest BCUT2D eigenvalue weighted by molar-refractivity contribution is 5.87. The zero-order chi connectivity index (χ0) is 17.5. The van der Waals surface area contributed by atoms with E-state index < -0.39 is 0 Å². The fraction of sp³-hybridized carbons (Fsp3) is 0.238. The molecule has 0 fully saturated rings. The molecular formula is C21H23ClFNO2. The van der Waals surface area contributed by atoms with Crippen molar-refractivity contribution in [2.45, 2.75) is 13.2 Å². The maximum Gasteiger partial charge on any atom is 0.129 e. The molecule has 26 heavy (non-hydrogen) atoms. The van der Waals surface area contributed by atoms with E-state index >= 15 is 0 Å². The molecule has 3 rings (SSSR count). The molecule has 0 amide bonds. The van der Waals surface area contributed by atoms with Crippen molar-refractivity contribution >= 4 is 23.2 Å². The summed E-state index contributed by atoms with van der Waals surface area (Å²) in [6.07, 6.45) is 0. The summed E-state index contributed by atoms with van der Waals surface area (Å²) in [7, 11) is 1.68. The largest absolute Gasteiger partial charge is 0.488 e. The maximum atomic E-state index is 13.8. The number of fused-ring (bicyclic) bond motifs is 1. The van der Waals surface area contributed by atoms with Crippen molar-refractivity contribution in [3.63, 3.8) is 0 Å². The van der Waals surface area contributed by atoms with E-state index in [0.29, 0.717) is 18.7 Å². The second-order valence-corrected chi connectivity index (χ2v) is 5.81. The van der Waals surface area contributed by atoms with Crippen LogP contribution in [0.3, 0.4) is 0 Å². The number of benzene rings is 3. The summed E-state index contributed by atoms with van der Waals surface area (Å²) in [5.74, 6) is 0.523. The number of halogens is 2. The Balaban J connectivity index is 0.00000243. The van der Waals surface area contributed by atoms with Gasteiger partial charge in [-0.3, -0.25) is 0 Å². The Morgan fingerprint density at radius 3 is 2.54 bits per heavy atom. The fourth-order valence-electron chi connectivity index (χ4n) is 2.79. The molecule has 5 heteroatoms. The third kappa shape index (κ3) is 4.94. The molecule has 0 saturated heterocycles. The molecule has 0 radical (unpaired) electrons. The Morgan fingerprint density at radius 2 is 1.73 bits per heavy atom. The summed E-state index contributed by atoms with van der Waals surface area (Å²) in [6.45, 7) is 2.27. The van der Waals surface area contributed by atoms with E-state index in [0.717, 1.165) is 28.6 Å². The second kappa shape index (κ2) is 10.1. The van der Waals surface area contributed by atoms with Crippen LogP contribution in [0.15, 0.2) is 60.7 Å². The van der Waals surface area contributed by atoms with Crippen molar-refractivity contribution in [1.29, 1.82) is 0 Å². The molecule has 3 aromatic carbocycles. The average Bonchev–Trinajstić information content (AvgIpc) is 2.65. The molecule has 0 heterocycles. The van der Waals surface area contributed by atoms with E-state index in [1.807, 2.05) is 30.3 Å². The number of nitrogens with one attached hydrogen (secondary N) is 1. The topological polar surface area (TPSA) is 30.5 Å². The van der Waals surface area contributed by atoms with E-state index in [-0.39, 0.29) is 24.8 Å². The number of methoxy groups -OCH3 is 1. The molecule has 0 bridgehead atoms. The minimum absolute atomic E-state index is 0. The normalized spacial score (nSPS) is 10.5. The van der Waals surface area contributed by atoms with Gasteiger partial charge in [-0.25, -0.2) is 4.39 Å². The highest BCUT2D eigenvalue weighted by Gasteiger charge is 2.10. The van der Waals surface area contributed by atoms with Crippen molar-refractivity contribution in [3.8, 4) is 5.75 Å². The van der Waals surface area contributed by atoms with Crippen LogP contribution >= 0.6 is 12.4 Å². The van der Waals surface area contributed by atoms with Gasteiger partial charge >= 0.3 is 0 Å². The van der Waals surface area contributed by atoms with Crippen LogP contribution in [0.4, 0.5) is 4.39 Å². The summed E-state index contributed by atoms with van der Waals surface area (Å²) >= 11 is 0. The predicted octanol–water partition coefficient (Wildman–Crippen LogP) is 4.72. The number of ether oxygens (including phenoxy) is 2. The lowest BCUT2D eigenvalue weighted by Crippen LogP contribution is -2.19. The molecule has 0 aliphatic rings. The van der Waals surface area contributed by atoms with Crippen LogP contribution in [0.5, 0.6) is 5.75 Å². The van der Waals surface area contributed by atoms with E-state index in [4.69, 9.17) is 9.47 Å². The van der Waals surface area contributed by atoms with Gasteiger partial charge in [-0.2, -0.15) is 0 Å². The lowest BCUT2D eigenvalue weighted by atomic mass is 10.0. The van der Waals surface area contributed by atoms with Crippen molar-refractivity contribution in [3.05, 3.63) is 77.6 Å². The zero-order valence-electron chi connectivity index (χ0n) is 14.7. The van der Waals surface area contributed by atoms with Crippen LogP contribution in [0.25, 0.3) is 10.8 Å². The third-order valence-corrected chi connectivity index (χ3v) is 4.12. The lowest BCUT2D eigenvalue weighted by molar-refractivity contribution is 0.199. The third-order valence-electron chi connectivity index (χ3n) is 4.12. The first kappa shape index (κ1) is 20.2. The van der Waals surface area contributed by atoms with Gasteiger partial charge in [0.15, 0.2) is 0 Å². The van der Waals surface area contributed by atoms with Gasteiger partial charge in [0, 0.05) is 31.3 Å². The maximum absolute atomic E-state index is 13.8. The summed E-state index contributed by atoms with van der Waals surface area (Å²) in [5, 5.41) is 5.66. The molecule has 138 valence electrons. The number of rotatable bonds is 8. The summed E-state index contributed by atoms with van der Waals surface area (Å²) < 4.78 is 24.9. The first-order valence-corrected chi connectivity index (χ1v) is 8.36.